The van der Waals surface area contributed by atoms with E-state index in [1.165, 1.54) is 6.92 Å². The molecular formula is C19H23NO6. The van der Waals surface area contributed by atoms with Gasteiger partial charge in [0.25, 0.3) is 5.91 Å². The van der Waals surface area contributed by atoms with Crippen molar-refractivity contribution in [3.05, 3.63) is 39.7 Å². The molecule has 0 aliphatic carbocycles. The highest BCUT2D eigenvalue weighted by Gasteiger charge is 2.23. The van der Waals surface area contributed by atoms with Crippen molar-refractivity contribution >= 4 is 22.8 Å². The van der Waals surface area contributed by atoms with Crippen molar-refractivity contribution in [2.24, 2.45) is 0 Å². The Labute approximate surface area is 151 Å². The van der Waals surface area contributed by atoms with Gasteiger partial charge in [-0.2, -0.15) is 0 Å². The first-order valence-corrected chi connectivity index (χ1v) is 8.48. The van der Waals surface area contributed by atoms with Crippen molar-refractivity contribution < 1.29 is 23.8 Å². The summed E-state index contributed by atoms with van der Waals surface area (Å²) < 4.78 is 10.9. The third-order valence-electron chi connectivity index (χ3n) is 4.30. The van der Waals surface area contributed by atoms with E-state index < -0.39 is 29.6 Å². The molecule has 1 amide bonds. The number of carbonyl (C=O) groups is 2. The van der Waals surface area contributed by atoms with E-state index in [0.29, 0.717) is 29.7 Å². The largest absolute Gasteiger partial charge is 0.481 e. The highest BCUT2D eigenvalue weighted by atomic mass is 16.5. The summed E-state index contributed by atoms with van der Waals surface area (Å²) >= 11 is 0. The van der Waals surface area contributed by atoms with Crippen LogP contribution in [0.1, 0.15) is 37.8 Å². The molecule has 26 heavy (non-hydrogen) atoms. The first-order valence-electron chi connectivity index (χ1n) is 8.48. The Hall–Kier alpha value is -2.83. The fourth-order valence-electron chi connectivity index (χ4n) is 2.59. The molecular weight excluding hydrogens is 338 g/mol. The highest BCUT2D eigenvalue weighted by molar-refractivity contribution is 5.86. The molecule has 7 heteroatoms. The van der Waals surface area contributed by atoms with Crippen LogP contribution >= 0.6 is 0 Å². The predicted molar refractivity (Wildman–Crippen MR) is 96.5 cm³/mol. The van der Waals surface area contributed by atoms with E-state index in [2.05, 4.69) is 5.32 Å². The molecule has 0 radical (unpaired) electrons. The van der Waals surface area contributed by atoms with E-state index in [-0.39, 0.29) is 0 Å². The van der Waals surface area contributed by atoms with Crippen LogP contribution in [0, 0.1) is 13.8 Å². The van der Waals surface area contributed by atoms with Crippen molar-refractivity contribution in [3.8, 4) is 5.75 Å². The molecule has 7 nitrogen and oxygen atoms in total. The maximum absolute atomic E-state index is 12.2. The number of aliphatic carboxylic acids is 1. The van der Waals surface area contributed by atoms with Gasteiger partial charge in [0.2, 0.25) is 0 Å². The molecule has 2 rings (SSSR count). The fraction of sp³-hybridized carbons (Fsp3) is 0.421. The number of amides is 1. The molecule has 2 atom stereocenters. The Bertz CT molecular complexity index is 885. The third kappa shape index (κ3) is 4.22. The van der Waals surface area contributed by atoms with Crippen LogP contribution in [0.5, 0.6) is 5.75 Å². The number of aryl methyl sites for hydroxylation is 1. The van der Waals surface area contributed by atoms with E-state index in [1.54, 1.807) is 25.1 Å². The van der Waals surface area contributed by atoms with Crippen molar-refractivity contribution in [2.75, 3.05) is 0 Å². The number of rotatable bonds is 7. The molecule has 0 bridgehead atoms. The van der Waals surface area contributed by atoms with Gasteiger partial charge in [-0.25, -0.2) is 9.59 Å². The molecule has 0 fully saturated rings. The molecule has 1 aromatic carbocycles. The summed E-state index contributed by atoms with van der Waals surface area (Å²) in [5.74, 6) is -1.24. The van der Waals surface area contributed by atoms with Gasteiger partial charge in [-0.3, -0.25) is 4.79 Å². The van der Waals surface area contributed by atoms with Crippen LogP contribution < -0.4 is 15.7 Å². The van der Waals surface area contributed by atoms with Gasteiger partial charge < -0.3 is 19.6 Å². The lowest BCUT2D eigenvalue weighted by atomic mass is 10.1. The molecule has 140 valence electrons. The smallest absolute Gasteiger partial charge is 0.339 e. The van der Waals surface area contributed by atoms with Crippen molar-refractivity contribution in [3.63, 3.8) is 0 Å². The van der Waals surface area contributed by atoms with Crippen molar-refractivity contribution in [2.45, 2.75) is 52.7 Å². The van der Waals surface area contributed by atoms with Gasteiger partial charge in [-0.15, -0.1) is 0 Å². The molecule has 0 spiro atoms. The van der Waals surface area contributed by atoms with E-state index in [4.69, 9.17) is 14.3 Å². The molecule has 0 saturated heterocycles. The monoisotopic (exact) mass is 361 g/mol. The van der Waals surface area contributed by atoms with Crippen LogP contribution in [0.2, 0.25) is 0 Å². The van der Waals surface area contributed by atoms with Gasteiger partial charge in [0.15, 0.2) is 6.10 Å². The maximum Gasteiger partial charge on any atom is 0.339 e. The average molecular weight is 361 g/mol. The number of hydrogen-bond acceptors (Lipinski definition) is 5. The molecule has 0 aliphatic heterocycles. The van der Waals surface area contributed by atoms with Crippen LogP contribution in [0.3, 0.4) is 0 Å². The standard InChI is InChI=1S/C19H23NO6/c1-5-6-15(18(22)23)20-17(21)12(4)25-13-7-8-14-10(2)11(3)19(24)26-16(14)9-13/h7-9,12,15H,5-6H2,1-4H3,(H,20,21)(H,22,23)/t12-,15-/m1/s1. The van der Waals surface area contributed by atoms with E-state index in [1.807, 2.05) is 13.8 Å². The van der Waals surface area contributed by atoms with Crippen LogP contribution in [0.25, 0.3) is 11.0 Å². The van der Waals surface area contributed by atoms with Crippen LogP contribution in [-0.4, -0.2) is 29.1 Å². The van der Waals surface area contributed by atoms with E-state index in [0.717, 1.165) is 10.9 Å². The Balaban J connectivity index is 2.17. The Morgan fingerprint density at radius 3 is 2.58 bits per heavy atom. The van der Waals surface area contributed by atoms with Gasteiger partial charge >= 0.3 is 11.6 Å². The predicted octanol–water partition coefficient (Wildman–Crippen LogP) is 2.55. The molecule has 2 aromatic rings. The maximum atomic E-state index is 12.2. The molecule has 1 aromatic heterocycles. The first kappa shape index (κ1) is 19.5. The third-order valence-corrected chi connectivity index (χ3v) is 4.30. The Kier molecular flexibility index (Phi) is 6.02. The summed E-state index contributed by atoms with van der Waals surface area (Å²) in [6, 6.07) is 4.05. The zero-order valence-corrected chi connectivity index (χ0v) is 15.3. The average Bonchev–Trinajstić information content (AvgIpc) is 2.59. The van der Waals surface area contributed by atoms with Crippen LogP contribution in [0.4, 0.5) is 0 Å². The number of carbonyl (C=O) groups excluding carboxylic acids is 1. The fourth-order valence-corrected chi connectivity index (χ4v) is 2.59. The molecule has 0 saturated carbocycles. The number of fused-ring (bicyclic) bond motifs is 1. The van der Waals surface area contributed by atoms with Crippen LogP contribution in [-0.2, 0) is 9.59 Å². The molecule has 0 unspecified atom stereocenters. The second kappa shape index (κ2) is 8.03. The number of nitrogens with one attached hydrogen (secondary N) is 1. The van der Waals surface area contributed by atoms with Gasteiger partial charge in [0, 0.05) is 17.0 Å². The molecule has 2 N–H and O–H groups in total. The second-order valence-electron chi connectivity index (χ2n) is 6.25. The number of carboxylic acid groups (broad SMARTS) is 1. The first-order chi connectivity index (χ1) is 12.2. The number of hydrogen-bond donors (Lipinski definition) is 2. The summed E-state index contributed by atoms with van der Waals surface area (Å²) in [5, 5.41) is 12.4. The SMILES string of the molecule is CCC[C@@H](NC(=O)[C@@H](C)Oc1ccc2c(C)c(C)c(=O)oc2c1)C(=O)O. The minimum Gasteiger partial charge on any atom is -0.481 e. The summed E-state index contributed by atoms with van der Waals surface area (Å²) in [6.07, 6.45) is 0.0760. The minimum absolute atomic E-state index is 0.341. The second-order valence-corrected chi connectivity index (χ2v) is 6.25. The number of benzene rings is 1. The van der Waals surface area contributed by atoms with Crippen LogP contribution in [0.15, 0.2) is 27.4 Å². The van der Waals surface area contributed by atoms with Gasteiger partial charge in [0.05, 0.1) is 0 Å². The van der Waals surface area contributed by atoms with Gasteiger partial charge in [0.1, 0.15) is 17.4 Å². The summed E-state index contributed by atoms with van der Waals surface area (Å²) in [4.78, 5) is 35.1. The highest BCUT2D eigenvalue weighted by Crippen LogP contribution is 2.24. The minimum atomic E-state index is -1.08. The van der Waals surface area contributed by atoms with Crippen molar-refractivity contribution in [1.82, 2.24) is 5.32 Å². The Morgan fingerprint density at radius 2 is 1.96 bits per heavy atom. The number of carboxylic acids is 1. The van der Waals surface area contributed by atoms with Gasteiger partial charge in [-0.1, -0.05) is 13.3 Å². The summed E-state index contributed by atoms with van der Waals surface area (Å²) in [7, 11) is 0. The van der Waals surface area contributed by atoms with E-state index in [9.17, 15) is 14.4 Å². The zero-order chi connectivity index (χ0) is 19.4. The zero-order valence-electron chi connectivity index (χ0n) is 15.3. The summed E-state index contributed by atoms with van der Waals surface area (Å²) in [6.45, 7) is 6.91. The molecule has 1 heterocycles. The molecule has 0 aliphatic rings. The normalized spacial score (nSPS) is 13.2. The van der Waals surface area contributed by atoms with Crippen molar-refractivity contribution in [1.29, 1.82) is 0 Å². The lowest BCUT2D eigenvalue weighted by Gasteiger charge is -2.18. The summed E-state index contributed by atoms with van der Waals surface area (Å²) in [5.41, 5.74) is 1.34. The number of ether oxygens (including phenoxy) is 1. The lowest BCUT2D eigenvalue weighted by Crippen LogP contribution is -2.46. The Morgan fingerprint density at radius 1 is 1.27 bits per heavy atom. The van der Waals surface area contributed by atoms with E-state index >= 15 is 0 Å². The quantitative estimate of drug-likeness (QED) is 0.734. The lowest BCUT2D eigenvalue weighted by molar-refractivity contribution is -0.143. The van der Waals surface area contributed by atoms with Gasteiger partial charge in [-0.05, 0) is 44.9 Å². The topological polar surface area (TPSA) is 106 Å².